The molecule has 0 atom stereocenters. The highest BCUT2D eigenvalue weighted by Gasteiger charge is 2.13. The van der Waals surface area contributed by atoms with Crippen LogP contribution in [0.3, 0.4) is 0 Å². The molecule has 0 aliphatic carbocycles. The van der Waals surface area contributed by atoms with Crippen LogP contribution in [0.15, 0.2) is 24.3 Å². The number of carbonyl (C=O) groups is 2. The molecule has 1 aromatic rings. The van der Waals surface area contributed by atoms with Gasteiger partial charge in [-0.3, -0.25) is 9.59 Å². The van der Waals surface area contributed by atoms with Crippen molar-refractivity contribution in [2.45, 2.75) is 39.7 Å². The SMILES string of the molecule is CCCCCN(CC(=O)NCc1ccccc1F)C(C)=O. The van der Waals surface area contributed by atoms with E-state index < -0.39 is 0 Å². The number of hydrogen-bond donors (Lipinski definition) is 1. The molecule has 0 aromatic heterocycles. The minimum Gasteiger partial charge on any atom is -0.350 e. The van der Waals surface area contributed by atoms with Crippen LogP contribution in [0, 0.1) is 5.82 Å². The molecule has 0 radical (unpaired) electrons. The maximum atomic E-state index is 13.4. The predicted molar refractivity (Wildman–Crippen MR) is 80.0 cm³/mol. The molecule has 1 rings (SSSR count). The van der Waals surface area contributed by atoms with E-state index in [0.717, 1.165) is 19.3 Å². The molecule has 0 aliphatic heterocycles. The molecule has 0 spiro atoms. The quantitative estimate of drug-likeness (QED) is 0.749. The van der Waals surface area contributed by atoms with Crippen molar-refractivity contribution in [3.8, 4) is 0 Å². The molecular weight excluding hydrogens is 271 g/mol. The van der Waals surface area contributed by atoms with Gasteiger partial charge < -0.3 is 10.2 Å². The van der Waals surface area contributed by atoms with Gasteiger partial charge >= 0.3 is 0 Å². The lowest BCUT2D eigenvalue weighted by atomic mass is 10.2. The van der Waals surface area contributed by atoms with Gasteiger partial charge in [0.1, 0.15) is 5.82 Å². The second kappa shape index (κ2) is 9.10. The van der Waals surface area contributed by atoms with Crippen LogP contribution in [-0.4, -0.2) is 29.8 Å². The normalized spacial score (nSPS) is 10.2. The minimum atomic E-state index is -0.343. The van der Waals surface area contributed by atoms with Crippen molar-refractivity contribution in [1.82, 2.24) is 10.2 Å². The third-order valence-corrected chi connectivity index (χ3v) is 3.25. The van der Waals surface area contributed by atoms with Crippen LogP contribution in [0.2, 0.25) is 0 Å². The highest BCUT2D eigenvalue weighted by atomic mass is 19.1. The van der Waals surface area contributed by atoms with Gasteiger partial charge in [-0.2, -0.15) is 0 Å². The molecular formula is C16H23FN2O2. The highest BCUT2D eigenvalue weighted by molar-refractivity contribution is 5.83. The van der Waals surface area contributed by atoms with Crippen LogP contribution >= 0.6 is 0 Å². The van der Waals surface area contributed by atoms with Crippen LogP contribution in [0.25, 0.3) is 0 Å². The van der Waals surface area contributed by atoms with Crippen molar-refractivity contribution in [2.75, 3.05) is 13.1 Å². The average Bonchev–Trinajstić information content (AvgIpc) is 2.45. The fourth-order valence-corrected chi connectivity index (χ4v) is 1.97. The van der Waals surface area contributed by atoms with E-state index in [-0.39, 0.29) is 30.7 Å². The number of halogens is 1. The van der Waals surface area contributed by atoms with Crippen molar-refractivity contribution in [3.05, 3.63) is 35.6 Å². The van der Waals surface area contributed by atoms with Gasteiger partial charge in [0.25, 0.3) is 0 Å². The second-order valence-corrected chi connectivity index (χ2v) is 5.02. The Morgan fingerprint density at radius 3 is 2.57 bits per heavy atom. The van der Waals surface area contributed by atoms with Crippen molar-refractivity contribution >= 4 is 11.8 Å². The zero-order valence-electron chi connectivity index (χ0n) is 12.7. The van der Waals surface area contributed by atoms with Crippen LogP contribution in [0.4, 0.5) is 4.39 Å². The lowest BCUT2D eigenvalue weighted by Gasteiger charge is -2.20. The monoisotopic (exact) mass is 294 g/mol. The first-order chi connectivity index (χ1) is 10.0. The average molecular weight is 294 g/mol. The van der Waals surface area contributed by atoms with E-state index in [1.54, 1.807) is 18.2 Å². The lowest BCUT2D eigenvalue weighted by molar-refractivity contribution is -0.134. The number of rotatable bonds is 8. The van der Waals surface area contributed by atoms with Gasteiger partial charge in [-0.05, 0) is 12.5 Å². The molecule has 0 saturated carbocycles. The van der Waals surface area contributed by atoms with Crippen LogP contribution in [0.5, 0.6) is 0 Å². The number of amides is 2. The smallest absolute Gasteiger partial charge is 0.239 e. The first kappa shape index (κ1) is 17.1. The van der Waals surface area contributed by atoms with Gasteiger partial charge in [0, 0.05) is 25.6 Å². The third kappa shape index (κ3) is 6.38. The Kier molecular flexibility index (Phi) is 7.43. The molecule has 5 heteroatoms. The van der Waals surface area contributed by atoms with E-state index in [9.17, 15) is 14.0 Å². The number of carbonyl (C=O) groups excluding carboxylic acids is 2. The first-order valence-electron chi connectivity index (χ1n) is 7.30. The summed E-state index contributed by atoms with van der Waals surface area (Å²) in [7, 11) is 0. The van der Waals surface area contributed by atoms with Gasteiger partial charge in [0.05, 0.1) is 6.54 Å². The van der Waals surface area contributed by atoms with E-state index in [1.807, 2.05) is 0 Å². The van der Waals surface area contributed by atoms with Crippen LogP contribution in [-0.2, 0) is 16.1 Å². The van der Waals surface area contributed by atoms with Gasteiger partial charge in [0.15, 0.2) is 0 Å². The fraction of sp³-hybridized carbons (Fsp3) is 0.500. The Bertz CT molecular complexity index is 477. The zero-order valence-corrected chi connectivity index (χ0v) is 12.7. The summed E-state index contributed by atoms with van der Waals surface area (Å²) in [6, 6.07) is 6.30. The summed E-state index contributed by atoms with van der Waals surface area (Å²) in [5, 5.41) is 2.64. The molecule has 2 amide bonds. The van der Waals surface area contributed by atoms with E-state index in [2.05, 4.69) is 12.2 Å². The Hall–Kier alpha value is -1.91. The summed E-state index contributed by atoms with van der Waals surface area (Å²) in [5.74, 6) is -0.735. The van der Waals surface area contributed by atoms with E-state index in [4.69, 9.17) is 0 Å². The molecule has 0 heterocycles. The zero-order chi connectivity index (χ0) is 15.7. The fourth-order valence-electron chi connectivity index (χ4n) is 1.97. The summed E-state index contributed by atoms with van der Waals surface area (Å²) >= 11 is 0. The number of unbranched alkanes of at least 4 members (excludes halogenated alkanes) is 2. The molecule has 0 aliphatic rings. The Labute approximate surface area is 125 Å². The number of benzene rings is 1. The highest BCUT2D eigenvalue weighted by Crippen LogP contribution is 2.05. The third-order valence-electron chi connectivity index (χ3n) is 3.25. The number of nitrogens with one attached hydrogen (secondary N) is 1. The summed E-state index contributed by atoms with van der Waals surface area (Å²) in [6.45, 7) is 4.27. The van der Waals surface area contributed by atoms with Crippen LogP contribution < -0.4 is 5.32 Å². The van der Waals surface area contributed by atoms with Gasteiger partial charge in [0.2, 0.25) is 11.8 Å². The molecule has 0 fully saturated rings. The van der Waals surface area contributed by atoms with E-state index in [1.165, 1.54) is 17.9 Å². The van der Waals surface area contributed by atoms with Crippen molar-refractivity contribution in [1.29, 1.82) is 0 Å². The largest absolute Gasteiger partial charge is 0.350 e. The minimum absolute atomic E-state index is 0.0213. The van der Waals surface area contributed by atoms with Crippen LogP contribution in [0.1, 0.15) is 38.7 Å². The summed E-state index contributed by atoms with van der Waals surface area (Å²) in [5.41, 5.74) is 0.436. The molecule has 1 N–H and O–H groups in total. The van der Waals surface area contributed by atoms with Crippen molar-refractivity contribution in [3.63, 3.8) is 0 Å². The number of nitrogens with zero attached hydrogens (tertiary/aromatic N) is 1. The molecule has 4 nitrogen and oxygen atoms in total. The lowest BCUT2D eigenvalue weighted by Crippen LogP contribution is -2.40. The number of hydrogen-bond acceptors (Lipinski definition) is 2. The Morgan fingerprint density at radius 2 is 1.95 bits per heavy atom. The van der Waals surface area contributed by atoms with Gasteiger partial charge in [-0.15, -0.1) is 0 Å². The Morgan fingerprint density at radius 1 is 1.24 bits per heavy atom. The maximum Gasteiger partial charge on any atom is 0.239 e. The standard InChI is InChI=1S/C16H23FN2O2/c1-3-4-7-10-19(13(2)20)12-16(21)18-11-14-8-5-6-9-15(14)17/h5-6,8-9H,3-4,7,10-12H2,1-2H3,(H,18,21). The van der Waals surface area contributed by atoms with E-state index in [0.29, 0.717) is 12.1 Å². The second-order valence-electron chi connectivity index (χ2n) is 5.02. The summed E-state index contributed by atoms with van der Waals surface area (Å²) in [4.78, 5) is 24.9. The first-order valence-corrected chi connectivity index (χ1v) is 7.30. The van der Waals surface area contributed by atoms with Crippen molar-refractivity contribution in [2.24, 2.45) is 0 Å². The molecule has 0 bridgehead atoms. The topological polar surface area (TPSA) is 49.4 Å². The van der Waals surface area contributed by atoms with E-state index >= 15 is 0 Å². The molecule has 1 aromatic carbocycles. The predicted octanol–water partition coefficient (Wildman–Crippen LogP) is 2.48. The molecule has 0 saturated heterocycles. The molecule has 116 valence electrons. The summed E-state index contributed by atoms with van der Waals surface area (Å²) in [6.07, 6.45) is 2.97. The Balaban J connectivity index is 2.43. The summed E-state index contributed by atoms with van der Waals surface area (Å²) < 4.78 is 13.4. The maximum absolute atomic E-state index is 13.4. The van der Waals surface area contributed by atoms with Gasteiger partial charge in [-0.25, -0.2) is 4.39 Å². The van der Waals surface area contributed by atoms with Gasteiger partial charge in [-0.1, -0.05) is 38.0 Å². The molecule has 21 heavy (non-hydrogen) atoms. The molecule has 0 unspecified atom stereocenters. The van der Waals surface area contributed by atoms with Crippen molar-refractivity contribution < 1.29 is 14.0 Å².